The Morgan fingerprint density at radius 3 is 2.42 bits per heavy atom. The van der Waals surface area contributed by atoms with Crippen molar-refractivity contribution in [2.24, 2.45) is 34.5 Å². The molecule has 7 rings (SSSR count). The third-order valence-electron chi connectivity index (χ3n) is 11.4. The van der Waals surface area contributed by atoms with Crippen LogP contribution in [0.2, 0.25) is 0 Å². The summed E-state index contributed by atoms with van der Waals surface area (Å²) in [5.74, 6) is 9.49. The first kappa shape index (κ1) is 25.4. The molecule has 204 valence electrons. The van der Waals surface area contributed by atoms with Crippen LogP contribution >= 0.6 is 0 Å². The maximum Gasteiger partial charge on any atom is 0.169 e. The van der Waals surface area contributed by atoms with Gasteiger partial charge in [-0.25, -0.2) is 0 Å². The summed E-state index contributed by atoms with van der Waals surface area (Å²) >= 11 is 0. The second kappa shape index (κ2) is 9.22. The normalized spacial score (nSPS) is 39.1. The van der Waals surface area contributed by atoms with E-state index in [1.165, 1.54) is 37.7 Å². The summed E-state index contributed by atoms with van der Waals surface area (Å²) < 4.78 is 13.0. The van der Waals surface area contributed by atoms with Crippen LogP contribution in [-0.4, -0.2) is 30.2 Å². The topological polar surface area (TPSA) is 38.7 Å². The van der Waals surface area contributed by atoms with Gasteiger partial charge in [0.15, 0.2) is 5.79 Å². The van der Waals surface area contributed by atoms with E-state index in [2.05, 4.69) is 56.9 Å². The summed E-state index contributed by atoms with van der Waals surface area (Å²) in [4.78, 5) is 0. The van der Waals surface area contributed by atoms with Crippen LogP contribution in [0.4, 0.5) is 0 Å². The predicted octanol–water partition coefficient (Wildman–Crippen LogP) is 7.38. The average molecular weight is 515 g/mol. The first-order valence-corrected chi connectivity index (χ1v) is 15.5. The second-order valence-electron chi connectivity index (χ2n) is 14.8. The molecule has 1 aromatic carbocycles. The van der Waals surface area contributed by atoms with Crippen LogP contribution in [-0.2, 0) is 9.47 Å². The molecule has 1 heterocycles. The lowest BCUT2D eigenvalue weighted by Gasteiger charge is -2.55. The lowest BCUT2D eigenvalue weighted by atomic mass is 9.52. The summed E-state index contributed by atoms with van der Waals surface area (Å²) in [7, 11) is 0. The molecule has 6 unspecified atom stereocenters. The molecule has 1 saturated heterocycles. The first-order chi connectivity index (χ1) is 18.3. The minimum atomic E-state index is -0.375. The molecule has 1 aromatic rings. The highest BCUT2D eigenvalue weighted by atomic mass is 16.7. The van der Waals surface area contributed by atoms with Crippen LogP contribution in [0, 0.1) is 46.3 Å². The van der Waals surface area contributed by atoms with E-state index in [-0.39, 0.29) is 22.7 Å². The van der Waals surface area contributed by atoms with E-state index in [0.29, 0.717) is 23.7 Å². The number of hydrogen-bond donors (Lipinski definition) is 1. The van der Waals surface area contributed by atoms with Gasteiger partial charge in [0, 0.05) is 36.2 Å². The number of ether oxygens (including phenoxy) is 2. The van der Waals surface area contributed by atoms with Crippen molar-refractivity contribution < 1.29 is 14.6 Å². The highest BCUT2D eigenvalue weighted by Gasteiger charge is 2.57. The fraction of sp³-hybridized carbons (Fsp3) is 0.714. The van der Waals surface area contributed by atoms with Gasteiger partial charge in [0.05, 0.1) is 19.3 Å². The van der Waals surface area contributed by atoms with Gasteiger partial charge in [0.1, 0.15) is 0 Å². The minimum absolute atomic E-state index is 0.0199. The molecule has 1 aliphatic heterocycles. The maximum atomic E-state index is 11.2. The third-order valence-corrected chi connectivity index (χ3v) is 11.4. The van der Waals surface area contributed by atoms with E-state index in [1.807, 2.05) is 0 Å². The van der Waals surface area contributed by atoms with Crippen molar-refractivity contribution in [2.75, 3.05) is 13.2 Å². The number of allylic oxidation sites excluding steroid dienone is 2. The second-order valence-corrected chi connectivity index (χ2v) is 14.8. The van der Waals surface area contributed by atoms with Crippen LogP contribution in [0.15, 0.2) is 35.4 Å². The van der Waals surface area contributed by atoms with E-state index in [9.17, 15) is 5.11 Å². The molecule has 0 aromatic heterocycles. The molecule has 0 radical (unpaired) electrons. The van der Waals surface area contributed by atoms with Gasteiger partial charge in [-0.2, -0.15) is 0 Å². The van der Waals surface area contributed by atoms with Crippen LogP contribution < -0.4 is 0 Å². The standard InChI is InChI=1S/C35H46O3/c1-33(2)21-37-35(38-22-33)18-17-27-26(19-35)13-14-28-30-15-16-31(36)34(30,3)20-29(32(27)28)25-11-9-24(10-12-25)6-4-5-23-7-8-23/h9-12,23,26,28-31,36H,5,7-8,13-22H2,1-3H3. The van der Waals surface area contributed by atoms with E-state index < -0.39 is 0 Å². The van der Waals surface area contributed by atoms with Gasteiger partial charge in [-0.3, -0.25) is 0 Å². The van der Waals surface area contributed by atoms with Gasteiger partial charge in [0.25, 0.3) is 0 Å². The molecule has 38 heavy (non-hydrogen) atoms. The molecule has 0 bridgehead atoms. The third kappa shape index (κ3) is 4.40. The zero-order chi connectivity index (χ0) is 26.1. The number of benzene rings is 1. The number of rotatable bonds is 2. The smallest absolute Gasteiger partial charge is 0.169 e. The van der Waals surface area contributed by atoms with Crippen molar-refractivity contribution in [3.05, 3.63) is 46.5 Å². The Hall–Kier alpha value is -1.60. The monoisotopic (exact) mass is 514 g/mol. The molecule has 1 spiro atoms. The average Bonchev–Trinajstić information content (AvgIpc) is 3.69. The Kier molecular flexibility index (Phi) is 6.16. The summed E-state index contributed by atoms with van der Waals surface area (Å²) in [6, 6.07) is 9.20. The quantitative estimate of drug-likeness (QED) is 0.331. The SMILES string of the molecule is CC1(C)COC2(CCC3=C4C(c5ccc(C#CCC6CC6)cc5)CC5(C)C(O)CCC5C4CCC3C2)OC1. The zero-order valence-corrected chi connectivity index (χ0v) is 23.7. The van der Waals surface area contributed by atoms with Gasteiger partial charge in [-0.05, 0) is 98.1 Å². The van der Waals surface area contributed by atoms with Gasteiger partial charge >= 0.3 is 0 Å². The van der Waals surface area contributed by atoms with Crippen molar-refractivity contribution in [1.82, 2.24) is 0 Å². The van der Waals surface area contributed by atoms with E-state index in [4.69, 9.17) is 9.47 Å². The largest absolute Gasteiger partial charge is 0.393 e. The van der Waals surface area contributed by atoms with Gasteiger partial charge in [-0.15, -0.1) is 0 Å². The predicted molar refractivity (Wildman–Crippen MR) is 150 cm³/mol. The lowest BCUT2D eigenvalue weighted by Crippen LogP contribution is -2.52. The Bertz CT molecular complexity index is 1150. The van der Waals surface area contributed by atoms with E-state index in [0.717, 1.165) is 63.2 Å². The van der Waals surface area contributed by atoms with Crippen LogP contribution in [0.5, 0.6) is 0 Å². The molecule has 3 heteroatoms. The van der Waals surface area contributed by atoms with Gasteiger partial charge in [-0.1, -0.05) is 55.9 Å². The van der Waals surface area contributed by atoms with Crippen molar-refractivity contribution >= 4 is 0 Å². The summed E-state index contributed by atoms with van der Waals surface area (Å²) in [5, 5.41) is 11.2. The van der Waals surface area contributed by atoms with E-state index in [1.54, 1.807) is 11.1 Å². The molecular formula is C35H46O3. The van der Waals surface area contributed by atoms with Crippen molar-refractivity contribution in [1.29, 1.82) is 0 Å². The Morgan fingerprint density at radius 2 is 1.68 bits per heavy atom. The van der Waals surface area contributed by atoms with Gasteiger partial charge in [0.2, 0.25) is 0 Å². The van der Waals surface area contributed by atoms with Crippen LogP contribution in [0.25, 0.3) is 0 Å². The molecule has 6 atom stereocenters. The van der Waals surface area contributed by atoms with Crippen molar-refractivity contribution in [2.45, 2.75) is 109 Å². The van der Waals surface area contributed by atoms with E-state index >= 15 is 0 Å². The number of aliphatic hydroxyl groups is 1. The lowest BCUT2D eigenvalue weighted by molar-refractivity contribution is -0.312. The Labute approximate surface area is 229 Å². The van der Waals surface area contributed by atoms with Crippen LogP contribution in [0.3, 0.4) is 0 Å². The fourth-order valence-corrected chi connectivity index (χ4v) is 8.92. The summed E-state index contributed by atoms with van der Waals surface area (Å²) in [6.45, 7) is 8.47. The molecule has 0 amide bonds. The van der Waals surface area contributed by atoms with Gasteiger partial charge < -0.3 is 14.6 Å². The minimum Gasteiger partial charge on any atom is -0.393 e. The fourth-order valence-electron chi connectivity index (χ4n) is 8.92. The molecular weight excluding hydrogens is 468 g/mol. The van der Waals surface area contributed by atoms with Crippen molar-refractivity contribution in [3.8, 4) is 11.8 Å². The van der Waals surface area contributed by atoms with Crippen molar-refractivity contribution in [3.63, 3.8) is 0 Å². The highest BCUT2D eigenvalue weighted by molar-refractivity contribution is 5.44. The zero-order valence-electron chi connectivity index (χ0n) is 23.7. The molecule has 5 aliphatic carbocycles. The first-order valence-electron chi connectivity index (χ1n) is 15.5. The molecule has 4 saturated carbocycles. The maximum absolute atomic E-state index is 11.2. The Balaban J connectivity index is 1.21. The molecule has 1 N–H and O–H groups in total. The molecule has 5 fully saturated rings. The van der Waals surface area contributed by atoms with Crippen LogP contribution in [0.1, 0.15) is 108 Å². The summed E-state index contributed by atoms with van der Waals surface area (Å²) in [6.07, 6.45) is 12.4. The number of aliphatic hydroxyl groups excluding tert-OH is 1. The molecule has 6 aliphatic rings. The Morgan fingerprint density at radius 1 is 0.921 bits per heavy atom. The summed E-state index contributed by atoms with van der Waals surface area (Å²) in [5.41, 5.74) is 6.17. The highest BCUT2D eigenvalue weighted by Crippen LogP contribution is 2.65. The number of fused-ring (bicyclic) bond motifs is 4. The molecule has 3 nitrogen and oxygen atoms in total. The number of hydrogen-bond acceptors (Lipinski definition) is 3.